The molecule has 1 N–H and O–H groups in total. The molecular formula is C22H23NO4. The summed E-state index contributed by atoms with van der Waals surface area (Å²) in [6, 6.07) is 17.0. The highest BCUT2D eigenvalue weighted by Gasteiger charge is 2.55. The molecule has 1 aliphatic heterocycles. The van der Waals surface area contributed by atoms with Crippen molar-refractivity contribution in [2.45, 2.75) is 25.9 Å². The zero-order valence-corrected chi connectivity index (χ0v) is 15.1. The fourth-order valence-corrected chi connectivity index (χ4v) is 4.40. The zero-order chi connectivity index (χ0) is 18.9. The van der Waals surface area contributed by atoms with Crippen molar-refractivity contribution >= 4 is 11.9 Å². The third-order valence-corrected chi connectivity index (χ3v) is 5.93. The Balaban J connectivity index is 1.40. The summed E-state index contributed by atoms with van der Waals surface area (Å²) in [5.41, 5.74) is 0.841. The number of carboxylic acid groups (broad SMARTS) is 1. The smallest absolute Gasteiger partial charge is 0.311 e. The molecule has 0 bridgehead atoms. The number of carboxylic acids is 1. The number of hydrogen-bond donors (Lipinski definition) is 1. The van der Waals surface area contributed by atoms with Gasteiger partial charge in [0.25, 0.3) is 5.91 Å². The first-order chi connectivity index (χ1) is 13.1. The summed E-state index contributed by atoms with van der Waals surface area (Å²) in [5, 5.41) is 9.68. The second kappa shape index (κ2) is 7.06. The van der Waals surface area contributed by atoms with Gasteiger partial charge in [0.15, 0.2) is 0 Å². The number of amides is 1. The van der Waals surface area contributed by atoms with E-state index in [9.17, 15) is 14.7 Å². The van der Waals surface area contributed by atoms with Crippen LogP contribution in [0.2, 0.25) is 0 Å². The molecule has 1 amide bonds. The van der Waals surface area contributed by atoms with Crippen LogP contribution >= 0.6 is 0 Å². The topological polar surface area (TPSA) is 66.8 Å². The lowest BCUT2D eigenvalue weighted by molar-refractivity contribution is -0.149. The molecule has 0 spiro atoms. The van der Waals surface area contributed by atoms with E-state index in [0.717, 1.165) is 24.2 Å². The molecule has 1 saturated heterocycles. The van der Waals surface area contributed by atoms with E-state index in [1.165, 1.54) is 0 Å². The standard InChI is InChI=1S/C22H23NO4/c24-20(23-13-18-5-4-12-22(18,15-23)21(25)26)17-10-8-16(9-11-17)14-27-19-6-2-1-3-7-19/h1-3,6-11,18H,4-5,12-15H2,(H,25,26)/t18-,22+/m0/s1. The van der Waals surface area contributed by atoms with Crippen LogP contribution in [0, 0.1) is 11.3 Å². The lowest BCUT2D eigenvalue weighted by Crippen LogP contribution is -2.37. The number of para-hydroxylation sites is 1. The van der Waals surface area contributed by atoms with Crippen LogP contribution in [0.5, 0.6) is 5.75 Å². The van der Waals surface area contributed by atoms with Crippen molar-refractivity contribution in [3.05, 3.63) is 65.7 Å². The predicted molar refractivity (Wildman–Crippen MR) is 101 cm³/mol. The van der Waals surface area contributed by atoms with Crippen molar-refractivity contribution in [2.24, 2.45) is 11.3 Å². The van der Waals surface area contributed by atoms with E-state index in [1.54, 1.807) is 17.0 Å². The van der Waals surface area contributed by atoms with E-state index in [-0.39, 0.29) is 11.8 Å². The van der Waals surface area contributed by atoms with Crippen molar-refractivity contribution in [1.82, 2.24) is 4.90 Å². The van der Waals surface area contributed by atoms with Gasteiger partial charge in [-0.15, -0.1) is 0 Å². The highest BCUT2D eigenvalue weighted by atomic mass is 16.5. The number of likely N-dealkylation sites (tertiary alicyclic amines) is 1. The van der Waals surface area contributed by atoms with Crippen LogP contribution in [0.25, 0.3) is 0 Å². The summed E-state index contributed by atoms with van der Waals surface area (Å²) in [7, 11) is 0. The molecule has 0 unspecified atom stereocenters. The molecular weight excluding hydrogens is 342 g/mol. The average Bonchev–Trinajstić information content (AvgIpc) is 3.26. The average molecular weight is 365 g/mol. The van der Waals surface area contributed by atoms with E-state index < -0.39 is 11.4 Å². The second-order valence-electron chi connectivity index (χ2n) is 7.53. The summed E-state index contributed by atoms with van der Waals surface area (Å²) in [4.78, 5) is 26.3. The number of carbonyl (C=O) groups excluding carboxylic acids is 1. The molecule has 140 valence electrons. The fourth-order valence-electron chi connectivity index (χ4n) is 4.40. The number of fused-ring (bicyclic) bond motifs is 1. The van der Waals surface area contributed by atoms with Gasteiger partial charge in [-0.2, -0.15) is 0 Å². The molecule has 2 aliphatic rings. The molecule has 5 nitrogen and oxygen atoms in total. The summed E-state index contributed by atoms with van der Waals surface area (Å²) in [6.45, 7) is 1.31. The van der Waals surface area contributed by atoms with Gasteiger partial charge in [-0.25, -0.2) is 0 Å². The molecule has 27 heavy (non-hydrogen) atoms. The van der Waals surface area contributed by atoms with Gasteiger partial charge < -0.3 is 14.7 Å². The van der Waals surface area contributed by atoms with E-state index in [1.807, 2.05) is 42.5 Å². The quantitative estimate of drug-likeness (QED) is 0.879. The van der Waals surface area contributed by atoms with Gasteiger partial charge in [0, 0.05) is 18.7 Å². The van der Waals surface area contributed by atoms with Gasteiger partial charge >= 0.3 is 5.97 Å². The minimum atomic E-state index is -0.756. The van der Waals surface area contributed by atoms with Gasteiger partial charge in [-0.05, 0) is 48.6 Å². The number of hydrogen-bond acceptors (Lipinski definition) is 3. The van der Waals surface area contributed by atoms with E-state index in [2.05, 4.69) is 0 Å². The Morgan fingerprint density at radius 1 is 1.11 bits per heavy atom. The molecule has 2 aromatic carbocycles. The van der Waals surface area contributed by atoms with Crippen LogP contribution in [-0.4, -0.2) is 35.0 Å². The molecule has 1 aliphatic carbocycles. The van der Waals surface area contributed by atoms with E-state index in [4.69, 9.17) is 4.74 Å². The Kier molecular flexibility index (Phi) is 4.60. The number of ether oxygens (including phenoxy) is 1. The molecule has 4 rings (SSSR count). The van der Waals surface area contributed by atoms with Crippen molar-refractivity contribution in [1.29, 1.82) is 0 Å². The number of nitrogens with zero attached hydrogens (tertiary/aromatic N) is 1. The highest BCUT2D eigenvalue weighted by Crippen LogP contribution is 2.49. The fraction of sp³-hybridized carbons (Fsp3) is 0.364. The van der Waals surface area contributed by atoms with Crippen molar-refractivity contribution < 1.29 is 19.4 Å². The zero-order valence-electron chi connectivity index (χ0n) is 15.1. The van der Waals surface area contributed by atoms with Crippen molar-refractivity contribution in [2.75, 3.05) is 13.1 Å². The van der Waals surface area contributed by atoms with Crippen LogP contribution in [-0.2, 0) is 11.4 Å². The Morgan fingerprint density at radius 2 is 1.85 bits per heavy atom. The third kappa shape index (κ3) is 3.29. The van der Waals surface area contributed by atoms with Gasteiger partial charge in [0.2, 0.25) is 0 Å². The summed E-state index contributed by atoms with van der Waals surface area (Å²) >= 11 is 0. The monoisotopic (exact) mass is 365 g/mol. The summed E-state index contributed by atoms with van der Waals surface area (Å²) < 4.78 is 5.72. The first kappa shape index (κ1) is 17.6. The lowest BCUT2D eigenvalue weighted by Gasteiger charge is -2.23. The van der Waals surface area contributed by atoms with Gasteiger partial charge in [0.05, 0.1) is 5.41 Å². The predicted octanol–water partition coefficient (Wildman–Crippen LogP) is 3.59. The minimum absolute atomic E-state index is 0.0810. The summed E-state index contributed by atoms with van der Waals surface area (Å²) in [6.07, 6.45) is 2.51. The Labute approximate surface area is 158 Å². The van der Waals surface area contributed by atoms with Crippen LogP contribution in [0.3, 0.4) is 0 Å². The van der Waals surface area contributed by atoms with Crippen molar-refractivity contribution in [3.63, 3.8) is 0 Å². The van der Waals surface area contributed by atoms with Gasteiger partial charge in [-0.1, -0.05) is 36.8 Å². The van der Waals surface area contributed by atoms with Crippen molar-refractivity contribution in [3.8, 4) is 5.75 Å². The number of rotatable bonds is 5. The molecule has 2 aromatic rings. The third-order valence-electron chi connectivity index (χ3n) is 5.93. The molecule has 0 radical (unpaired) electrons. The molecule has 1 saturated carbocycles. The summed E-state index contributed by atoms with van der Waals surface area (Å²) in [5.74, 6) is 0.0481. The van der Waals surface area contributed by atoms with E-state index in [0.29, 0.717) is 31.7 Å². The lowest BCUT2D eigenvalue weighted by atomic mass is 9.81. The van der Waals surface area contributed by atoms with Gasteiger partial charge in [0.1, 0.15) is 12.4 Å². The minimum Gasteiger partial charge on any atom is -0.489 e. The largest absolute Gasteiger partial charge is 0.489 e. The van der Waals surface area contributed by atoms with Crippen LogP contribution in [0.4, 0.5) is 0 Å². The maximum absolute atomic E-state index is 12.8. The Bertz CT molecular complexity index is 833. The SMILES string of the molecule is O=C(c1ccc(COc2ccccc2)cc1)N1C[C@@H]2CCC[C@@]2(C(=O)O)C1. The van der Waals surface area contributed by atoms with E-state index >= 15 is 0 Å². The van der Waals surface area contributed by atoms with Gasteiger partial charge in [-0.3, -0.25) is 9.59 Å². The van der Waals surface area contributed by atoms with Crippen LogP contribution in [0.1, 0.15) is 35.2 Å². The van der Waals surface area contributed by atoms with Crippen LogP contribution in [0.15, 0.2) is 54.6 Å². The number of aliphatic carboxylic acids is 1. The maximum atomic E-state index is 12.8. The molecule has 1 heterocycles. The second-order valence-corrected chi connectivity index (χ2v) is 7.53. The Morgan fingerprint density at radius 3 is 2.52 bits per heavy atom. The molecule has 2 atom stereocenters. The highest BCUT2D eigenvalue weighted by molar-refractivity contribution is 5.95. The Hall–Kier alpha value is -2.82. The molecule has 5 heteroatoms. The van der Waals surface area contributed by atoms with Crippen LogP contribution < -0.4 is 4.74 Å². The molecule has 2 fully saturated rings. The maximum Gasteiger partial charge on any atom is 0.311 e. The molecule has 0 aromatic heterocycles. The number of carbonyl (C=O) groups is 2. The normalized spacial score (nSPS) is 23.9. The first-order valence-corrected chi connectivity index (χ1v) is 9.38. The first-order valence-electron chi connectivity index (χ1n) is 9.38. The number of benzene rings is 2.